The highest BCUT2D eigenvalue weighted by Crippen LogP contribution is 2.25. The molecule has 26 heavy (non-hydrogen) atoms. The Labute approximate surface area is 159 Å². The predicted molar refractivity (Wildman–Crippen MR) is 101 cm³/mol. The molecular formula is C20H25ClN4O. The van der Waals surface area contributed by atoms with E-state index in [1.807, 2.05) is 11.8 Å². The van der Waals surface area contributed by atoms with E-state index in [1.165, 1.54) is 36.0 Å². The zero-order valence-corrected chi connectivity index (χ0v) is 16.0. The second-order valence-corrected chi connectivity index (χ2v) is 7.70. The van der Waals surface area contributed by atoms with Crippen LogP contribution in [0.2, 0.25) is 0 Å². The van der Waals surface area contributed by atoms with Crippen molar-refractivity contribution in [1.29, 1.82) is 0 Å². The van der Waals surface area contributed by atoms with E-state index in [0.717, 1.165) is 37.5 Å². The van der Waals surface area contributed by atoms with Crippen molar-refractivity contribution in [3.05, 3.63) is 46.5 Å². The first-order valence-electron chi connectivity index (χ1n) is 9.50. The molecule has 2 heterocycles. The summed E-state index contributed by atoms with van der Waals surface area (Å²) in [5.41, 5.74) is 4.13. The fourth-order valence-corrected chi connectivity index (χ4v) is 4.43. The van der Waals surface area contributed by atoms with Crippen LogP contribution in [-0.4, -0.2) is 37.5 Å². The van der Waals surface area contributed by atoms with Gasteiger partial charge in [-0.2, -0.15) is 0 Å². The van der Waals surface area contributed by atoms with E-state index in [4.69, 9.17) is 11.6 Å². The van der Waals surface area contributed by atoms with Crippen LogP contribution in [0.3, 0.4) is 0 Å². The molecule has 138 valence electrons. The zero-order chi connectivity index (χ0) is 18.1. The summed E-state index contributed by atoms with van der Waals surface area (Å²) in [7, 11) is 0. The van der Waals surface area contributed by atoms with Gasteiger partial charge in [-0.25, -0.2) is 0 Å². The molecule has 1 aromatic carbocycles. The van der Waals surface area contributed by atoms with Crippen LogP contribution in [0.1, 0.15) is 47.6 Å². The minimum Gasteiger partial charge on any atom is -0.333 e. The quantitative estimate of drug-likeness (QED) is 0.775. The van der Waals surface area contributed by atoms with Gasteiger partial charge in [0.2, 0.25) is 5.91 Å². The van der Waals surface area contributed by atoms with Gasteiger partial charge in [-0.3, -0.25) is 4.79 Å². The summed E-state index contributed by atoms with van der Waals surface area (Å²) in [6.45, 7) is 3.35. The number of nitrogens with zero attached hydrogens (tertiary/aromatic N) is 4. The second-order valence-electron chi connectivity index (χ2n) is 7.43. The highest BCUT2D eigenvalue weighted by molar-refractivity contribution is 6.27. The maximum atomic E-state index is 12.6. The Morgan fingerprint density at radius 3 is 2.85 bits per heavy atom. The summed E-state index contributed by atoms with van der Waals surface area (Å²) in [6, 6.07) is 6.85. The summed E-state index contributed by atoms with van der Waals surface area (Å²) in [5.74, 6) is 1.96. The lowest BCUT2D eigenvalue weighted by Gasteiger charge is -2.35. The van der Waals surface area contributed by atoms with E-state index in [2.05, 4.69) is 33.0 Å². The molecule has 1 aliphatic heterocycles. The van der Waals surface area contributed by atoms with Gasteiger partial charge in [-0.1, -0.05) is 18.2 Å². The maximum absolute atomic E-state index is 12.6. The minimum absolute atomic E-state index is 0.00330. The van der Waals surface area contributed by atoms with Crippen LogP contribution in [0.4, 0.5) is 0 Å². The van der Waals surface area contributed by atoms with E-state index in [-0.39, 0.29) is 17.8 Å². The molecule has 1 unspecified atom stereocenters. The van der Waals surface area contributed by atoms with Crippen molar-refractivity contribution in [1.82, 2.24) is 19.7 Å². The van der Waals surface area contributed by atoms with E-state index < -0.39 is 0 Å². The average molecular weight is 373 g/mol. The molecule has 2 aliphatic rings. The van der Waals surface area contributed by atoms with E-state index in [0.29, 0.717) is 6.54 Å². The molecule has 0 spiro atoms. The maximum Gasteiger partial charge on any atom is 0.238 e. The number of halogens is 1. The van der Waals surface area contributed by atoms with Gasteiger partial charge in [0.15, 0.2) is 0 Å². The molecule has 1 amide bonds. The average Bonchev–Trinajstić information content (AvgIpc) is 3.05. The van der Waals surface area contributed by atoms with E-state index >= 15 is 0 Å². The topological polar surface area (TPSA) is 51.0 Å². The first-order chi connectivity index (χ1) is 12.7. The molecule has 0 N–H and O–H groups in total. The number of aryl methyl sites for hydroxylation is 4. The van der Waals surface area contributed by atoms with E-state index in [1.54, 1.807) is 0 Å². The third kappa shape index (κ3) is 3.37. The Morgan fingerprint density at radius 2 is 2.04 bits per heavy atom. The summed E-state index contributed by atoms with van der Waals surface area (Å²) in [6.07, 6.45) is 6.63. The van der Waals surface area contributed by atoms with Gasteiger partial charge in [0.05, 0.1) is 6.04 Å². The molecule has 4 rings (SSSR count). The van der Waals surface area contributed by atoms with Crippen molar-refractivity contribution in [3.8, 4) is 0 Å². The zero-order valence-electron chi connectivity index (χ0n) is 15.2. The number of benzene rings is 1. The van der Waals surface area contributed by atoms with Crippen LogP contribution in [0.5, 0.6) is 0 Å². The number of carbonyl (C=O) groups is 1. The van der Waals surface area contributed by atoms with Crippen molar-refractivity contribution < 1.29 is 4.79 Å². The highest BCUT2D eigenvalue weighted by Gasteiger charge is 2.29. The van der Waals surface area contributed by atoms with Crippen LogP contribution >= 0.6 is 11.6 Å². The third-order valence-electron chi connectivity index (χ3n) is 5.75. The van der Waals surface area contributed by atoms with Gasteiger partial charge in [-0.15, -0.1) is 21.8 Å². The molecule has 5 nitrogen and oxygen atoms in total. The van der Waals surface area contributed by atoms with Gasteiger partial charge in [0, 0.05) is 19.5 Å². The summed E-state index contributed by atoms with van der Waals surface area (Å²) >= 11 is 5.94. The number of rotatable bonds is 4. The molecule has 6 heteroatoms. The van der Waals surface area contributed by atoms with E-state index in [9.17, 15) is 4.79 Å². The minimum atomic E-state index is 0.00330. The lowest BCUT2D eigenvalue weighted by molar-refractivity contribution is -0.132. The normalized spacial score (nSPS) is 18.9. The molecule has 0 saturated carbocycles. The van der Waals surface area contributed by atoms with Crippen LogP contribution in [0, 0.1) is 6.92 Å². The van der Waals surface area contributed by atoms with Gasteiger partial charge in [0.25, 0.3) is 0 Å². The van der Waals surface area contributed by atoms with Crippen molar-refractivity contribution >= 4 is 17.5 Å². The van der Waals surface area contributed by atoms with Crippen LogP contribution < -0.4 is 0 Å². The lowest BCUT2D eigenvalue weighted by Crippen LogP contribution is -2.45. The van der Waals surface area contributed by atoms with Crippen LogP contribution in [-0.2, 0) is 37.1 Å². The number of hydrogen-bond donors (Lipinski definition) is 0. The third-order valence-corrected chi connectivity index (χ3v) is 5.98. The lowest BCUT2D eigenvalue weighted by atomic mass is 9.90. The van der Waals surface area contributed by atoms with Gasteiger partial charge >= 0.3 is 0 Å². The largest absolute Gasteiger partial charge is 0.333 e. The second kappa shape index (κ2) is 7.39. The number of aromatic nitrogens is 3. The molecule has 1 aliphatic carbocycles. The Hall–Kier alpha value is -1.88. The first kappa shape index (κ1) is 17.5. The van der Waals surface area contributed by atoms with Crippen LogP contribution in [0.25, 0.3) is 0 Å². The molecule has 1 atom stereocenters. The predicted octanol–water partition coefficient (Wildman–Crippen LogP) is 3.05. The number of carbonyl (C=O) groups excluding carboxylic acids is 1. The number of fused-ring (bicyclic) bond motifs is 2. The van der Waals surface area contributed by atoms with Gasteiger partial charge < -0.3 is 9.47 Å². The smallest absolute Gasteiger partial charge is 0.238 e. The van der Waals surface area contributed by atoms with Gasteiger partial charge in [-0.05, 0) is 55.7 Å². The Balaban J connectivity index is 1.56. The van der Waals surface area contributed by atoms with Crippen molar-refractivity contribution in [2.75, 3.05) is 5.88 Å². The van der Waals surface area contributed by atoms with Crippen molar-refractivity contribution in [3.63, 3.8) is 0 Å². The van der Waals surface area contributed by atoms with Crippen molar-refractivity contribution in [2.24, 2.45) is 0 Å². The van der Waals surface area contributed by atoms with Crippen molar-refractivity contribution in [2.45, 2.75) is 64.6 Å². The number of amides is 1. The fourth-order valence-electron chi connectivity index (χ4n) is 4.28. The SMILES string of the molecule is Cc1nnc2n1CC(N(Cc1ccc3c(c1)CCCC3)C(=O)CCl)CC2. The fraction of sp³-hybridized carbons (Fsp3) is 0.550. The Morgan fingerprint density at radius 1 is 1.23 bits per heavy atom. The van der Waals surface area contributed by atoms with Crippen LogP contribution in [0.15, 0.2) is 18.2 Å². The summed E-state index contributed by atoms with van der Waals surface area (Å²) in [4.78, 5) is 14.6. The summed E-state index contributed by atoms with van der Waals surface area (Å²) < 4.78 is 2.13. The summed E-state index contributed by atoms with van der Waals surface area (Å²) in [5, 5.41) is 8.40. The molecule has 0 saturated heterocycles. The Kier molecular flexibility index (Phi) is 4.98. The molecule has 0 radical (unpaired) electrons. The molecule has 0 fully saturated rings. The number of alkyl halides is 1. The number of hydrogen-bond acceptors (Lipinski definition) is 3. The molecule has 0 bridgehead atoms. The first-order valence-corrected chi connectivity index (χ1v) is 10.0. The Bertz CT molecular complexity index is 816. The monoisotopic (exact) mass is 372 g/mol. The molecule has 1 aromatic heterocycles. The standard InChI is InChI=1S/C20H25ClN4O/c1-14-22-23-19-9-8-18(13-24(14)19)25(20(26)11-21)12-15-6-7-16-4-2-3-5-17(16)10-15/h6-7,10,18H,2-5,8-9,11-13H2,1H3. The molecular weight excluding hydrogens is 348 g/mol. The highest BCUT2D eigenvalue weighted by atomic mass is 35.5. The van der Waals surface area contributed by atoms with Gasteiger partial charge in [0.1, 0.15) is 17.5 Å². The molecule has 2 aromatic rings.